The van der Waals surface area contributed by atoms with Crippen molar-refractivity contribution in [3.05, 3.63) is 94.4 Å². The van der Waals surface area contributed by atoms with Gasteiger partial charge in [-0.25, -0.2) is 14.3 Å². The third-order valence-electron chi connectivity index (χ3n) is 5.09. The zero-order valence-electron chi connectivity index (χ0n) is 18.5. The molecule has 1 N–H and O–H groups in total. The molecule has 2 aromatic heterocycles. The maximum Gasteiger partial charge on any atom is 0.417 e. The number of carbonyl (C=O) groups excluding carboxylic acids is 2. The number of hydrogen-bond acceptors (Lipinski definition) is 5. The zero-order valence-corrected chi connectivity index (χ0v) is 18.5. The van der Waals surface area contributed by atoms with E-state index in [1.165, 1.54) is 6.07 Å². The second kappa shape index (κ2) is 9.30. The average Bonchev–Trinajstić information content (AvgIpc) is 3.25. The van der Waals surface area contributed by atoms with E-state index in [-0.39, 0.29) is 11.3 Å². The molecule has 35 heavy (non-hydrogen) atoms. The molecule has 0 fully saturated rings. The molecule has 0 saturated carbocycles. The molecule has 2 aromatic carbocycles. The molecule has 0 aliphatic rings. The van der Waals surface area contributed by atoms with Gasteiger partial charge >= 0.3 is 12.1 Å². The minimum Gasteiger partial charge on any atom is -0.465 e. The van der Waals surface area contributed by atoms with E-state index < -0.39 is 29.2 Å². The molecular weight excluding hydrogens is 461 g/mol. The molecule has 1 amide bonds. The number of fused-ring (bicyclic) bond motifs is 1. The van der Waals surface area contributed by atoms with E-state index >= 15 is 0 Å². The number of carbonyl (C=O) groups is 2. The fraction of sp³-hybridized carbons (Fsp3) is 0.120. The maximum absolute atomic E-state index is 13.4. The van der Waals surface area contributed by atoms with Crippen molar-refractivity contribution in [2.45, 2.75) is 13.1 Å². The Bertz CT molecular complexity index is 1510. The molecule has 10 heteroatoms. The van der Waals surface area contributed by atoms with E-state index in [4.69, 9.17) is 0 Å². The minimum absolute atomic E-state index is 0.125. The molecule has 0 saturated heterocycles. The highest BCUT2D eigenvalue weighted by molar-refractivity contribution is 6.05. The first-order valence-electron chi connectivity index (χ1n) is 10.2. The van der Waals surface area contributed by atoms with E-state index in [0.29, 0.717) is 23.0 Å². The highest BCUT2D eigenvalue weighted by Gasteiger charge is 2.36. The largest absolute Gasteiger partial charge is 0.465 e. The van der Waals surface area contributed by atoms with E-state index in [1.54, 1.807) is 47.2 Å². The first kappa shape index (κ1) is 23.5. The lowest BCUT2D eigenvalue weighted by atomic mass is 10.0. The summed E-state index contributed by atoms with van der Waals surface area (Å²) in [5.41, 5.74) is 0.769. The summed E-state index contributed by atoms with van der Waals surface area (Å²) >= 11 is 0. The van der Waals surface area contributed by atoms with Gasteiger partial charge in [0, 0.05) is 23.0 Å². The van der Waals surface area contributed by atoms with E-state index in [1.807, 2.05) is 6.92 Å². The van der Waals surface area contributed by atoms with Crippen LogP contribution in [0.5, 0.6) is 0 Å². The lowest BCUT2D eigenvalue weighted by Gasteiger charge is -2.14. The molecule has 0 atom stereocenters. The zero-order chi connectivity index (χ0) is 25.2. The van der Waals surface area contributed by atoms with Gasteiger partial charge < -0.3 is 10.1 Å². The smallest absolute Gasteiger partial charge is 0.417 e. The van der Waals surface area contributed by atoms with Crippen LogP contribution in [0.4, 0.5) is 18.9 Å². The van der Waals surface area contributed by atoms with Crippen LogP contribution in [0.3, 0.4) is 0 Å². The predicted molar refractivity (Wildman–Crippen MR) is 121 cm³/mol. The topological polar surface area (TPSA) is 85.6 Å². The summed E-state index contributed by atoms with van der Waals surface area (Å²) in [7, 11) is 0.988. The standard InChI is InChI=1S/C25H17F3N4O3/c1-15-5-6-17(12-16(15)7-9-19-14-29-22-4-3-11-30-32(19)22)23(33)31-18-8-10-20(24(34)35-2)21(13-18)25(26,27)28/h3-6,8,10-14H,1-2H3,(H,31,33). The normalized spacial score (nSPS) is 11.0. The van der Waals surface area contributed by atoms with E-state index in [0.717, 1.165) is 18.7 Å². The van der Waals surface area contributed by atoms with Gasteiger partial charge in [0.15, 0.2) is 5.65 Å². The SMILES string of the molecule is COC(=O)c1ccc(NC(=O)c2ccc(C)c(C#Cc3cnc4cccnn34)c2)cc1C(F)(F)F. The Morgan fingerprint density at radius 3 is 2.63 bits per heavy atom. The lowest BCUT2D eigenvalue weighted by Crippen LogP contribution is -2.17. The summed E-state index contributed by atoms with van der Waals surface area (Å²) in [5, 5.41) is 6.63. The number of halogens is 3. The average molecular weight is 478 g/mol. The Morgan fingerprint density at radius 2 is 1.89 bits per heavy atom. The van der Waals surface area contributed by atoms with Gasteiger partial charge in [-0.15, -0.1) is 0 Å². The Balaban J connectivity index is 1.61. The third-order valence-corrected chi connectivity index (χ3v) is 5.09. The van der Waals surface area contributed by atoms with Crippen molar-refractivity contribution in [1.82, 2.24) is 14.6 Å². The molecule has 0 spiro atoms. The first-order valence-corrected chi connectivity index (χ1v) is 10.2. The molecule has 0 unspecified atom stereocenters. The Kier molecular flexibility index (Phi) is 6.25. The van der Waals surface area contributed by atoms with Crippen LogP contribution >= 0.6 is 0 Å². The quantitative estimate of drug-likeness (QED) is 0.346. The molecule has 4 aromatic rings. The number of aryl methyl sites for hydroxylation is 1. The number of hydrogen-bond donors (Lipinski definition) is 1. The molecule has 0 radical (unpaired) electrons. The van der Waals surface area contributed by atoms with Gasteiger partial charge in [0.25, 0.3) is 5.91 Å². The molecule has 176 valence electrons. The van der Waals surface area contributed by atoms with Crippen LogP contribution in [-0.4, -0.2) is 33.6 Å². The van der Waals surface area contributed by atoms with Crippen molar-refractivity contribution in [1.29, 1.82) is 0 Å². The fourth-order valence-electron chi connectivity index (χ4n) is 3.29. The van der Waals surface area contributed by atoms with Crippen LogP contribution in [0.1, 0.15) is 43.1 Å². The van der Waals surface area contributed by atoms with Gasteiger partial charge in [-0.1, -0.05) is 12.0 Å². The Morgan fingerprint density at radius 1 is 1.09 bits per heavy atom. The summed E-state index contributed by atoms with van der Waals surface area (Å²) < 4.78 is 46.3. The maximum atomic E-state index is 13.4. The van der Waals surface area contributed by atoms with Crippen LogP contribution in [0.15, 0.2) is 60.9 Å². The second-order valence-corrected chi connectivity index (χ2v) is 7.42. The van der Waals surface area contributed by atoms with Gasteiger partial charge in [-0.3, -0.25) is 4.79 Å². The van der Waals surface area contributed by atoms with Crippen molar-refractivity contribution in [3.63, 3.8) is 0 Å². The Labute approximate surface area is 197 Å². The number of anilines is 1. The van der Waals surface area contributed by atoms with Crippen molar-refractivity contribution in [2.75, 3.05) is 12.4 Å². The molecular formula is C25H17F3N4O3. The number of rotatable bonds is 3. The molecule has 4 rings (SSSR count). The molecule has 2 heterocycles. The number of aromatic nitrogens is 3. The van der Waals surface area contributed by atoms with Crippen molar-refractivity contribution in [3.8, 4) is 11.8 Å². The summed E-state index contributed by atoms with van der Waals surface area (Å²) in [5.74, 6) is 4.20. The number of esters is 1. The van der Waals surface area contributed by atoms with Crippen LogP contribution in [0, 0.1) is 18.8 Å². The molecule has 7 nitrogen and oxygen atoms in total. The number of amides is 1. The highest BCUT2D eigenvalue weighted by Crippen LogP contribution is 2.34. The Hall–Kier alpha value is -4.65. The van der Waals surface area contributed by atoms with Gasteiger partial charge in [-0.2, -0.15) is 18.3 Å². The summed E-state index contributed by atoms with van der Waals surface area (Å²) in [6.45, 7) is 1.82. The second-order valence-electron chi connectivity index (χ2n) is 7.42. The number of imidazole rings is 1. The van der Waals surface area contributed by atoms with Crippen molar-refractivity contribution in [2.24, 2.45) is 0 Å². The van der Waals surface area contributed by atoms with Gasteiger partial charge in [-0.05, 0) is 60.9 Å². The highest BCUT2D eigenvalue weighted by atomic mass is 19.4. The number of alkyl halides is 3. The van der Waals surface area contributed by atoms with Crippen LogP contribution in [-0.2, 0) is 10.9 Å². The first-order chi connectivity index (χ1) is 16.7. The number of benzene rings is 2. The third kappa shape index (κ3) is 4.99. The number of nitrogens with one attached hydrogen (secondary N) is 1. The van der Waals surface area contributed by atoms with Crippen molar-refractivity contribution >= 4 is 23.2 Å². The minimum atomic E-state index is -4.82. The van der Waals surface area contributed by atoms with Gasteiger partial charge in [0.1, 0.15) is 5.69 Å². The van der Waals surface area contributed by atoms with Crippen LogP contribution in [0.2, 0.25) is 0 Å². The number of methoxy groups -OCH3 is 1. The van der Waals surface area contributed by atoms with Crippen LogP contribution < -0.4 is 5.32 Å². The summed E-state index contributed by atoms with van der Waals surface area (Å²) in [6.07, 6.45) is -1.63. The fourth-order valence-corrected chi connectivity index (χ4v) is 3.29. The summed E-state index contributed by atoms with van der Waals surface area (Å²) in [6, 6.07) is 11.2. The predicted octanol–water partition coefficient (Wildman–Crippen LogP) is 4.50. The number of nitrogens with zero attached hydrogens (tertiary/aromatic N) is 3. The monoisotopic (exact) mass is 478 g/mol. The lowest BCUT2D eigenvalue weighted by molar-refractivity contribution is -0.138. The molecule has 0 bridgehead atoms. The van der Waals surface area contributed by atoms with Gasteiger partial charge in [0.05, 0.1) is 24.4 Å². The van der Waals surface area contributed by atoms with E-state index in [9.17, 15) is 22.8 Å². The van der Waals surface area contributed by atoms with E-state index in [2.05, 4.69) is 32.0 Å². The number of ether oxygens (including phenoxy) is 1. The van der Waals surface area contributed by atoms with Gasteiger partial charge in [0.2, 0.25) is 0 Å². The molecule has 0 aliphatic carbocycles. The molecule has 0 aliphatic heterocycles. The van der Waals surface area contributed by atoms with Crippen LogP contribution in [0.25, 0.3) is 5.65 Å². The summed E-state index contributed by atoms with van der Waals surface area (Å²) in [4.78, 5) is 28.7. The van der Waals surface area contributed by atoms with Crippen molar-refractivity contribution < 1.29 is 27.5 Å².